The molecule has 0 saturated carbocycles. The van der Waals surface area contributed by atoms with Crippen LogP contribution in [0, 0.1) is 11.8 Å². The first-order valence-corrected chi connectivity index (χ1v) is 40.8. The second-order valence-corrected chi connectivity index (χ2v) is 29.9. The van der Waals surface area contributed by atoms with Crippen molar-refractivity contribution >= 4 is 39.5 Å². The lowest BCUT2D eigenvalue weighted by Gasteiger charge is -2.21. The number of phosphoric ester groups is 2. The van der Waals surface area contributed by atoms with Crippen molar-refractivity contribution in [3.05, 3.63) is 24.3 Å². The molecule has 5 atom stereocenters. The standard InChI is InChI=1S/C74H140O17P2/c1-7-9-11-13-15-17-19-21-22-26-29-33-37-44-50-56-71(76)84-62-69(90-73(78)59-53-47-39-35-31-27-23-25-28-32-36-42-48-54-66(3)4)64-88-92(80,81)86-60-68(75)61-87-93(82,83)89-65-70(63-85-72(77)57-51-45-41-40-43-49-55-67(5)6)91-74(79)58-52-46-38-34-30-24-20-18-16-14-12-10-8-2/h17,19,21-22,66-70,75H,7-16,18,20,23-65H2,1-6H3,(H,80,81)(H,82,83)/b19-17-,22-21-/t68-,69-,70-/m1/s1. The summed E-state index contributed by atoms with van der Waals surface area (Å²) in [5, 5.41) is 10.6. The van der Waals surface area contributed by atoms with E-state index >= 15 is 0 Å². The van der Waals surface area contributed by atoms with Crippen LogP contribution in [-0.4, -0.2) is 96.7 Å². The highest BCUT2D eigenvalue weighted by Crippen LogP contribution is 2.45. The summed E-state index contributed by atoms with van der Waals surface area (Å²) in [7, 11) is -9.92. The molecule has 0 fully saturated rings. The van der Waals surface area contributed by atoms with Crippen molar-refractivity contribution in [2.75, 3.05) is 39.6 Å². The van der Waals surface area contributed by atoms with Crippen LogP contribution in [0.4, 0.5) is 0 Å². The van der Waals surface area contributed by atoms with Crippen LogP contribution in [0.25, 0.3) is 0 Å². The van der Waals surface area contributed by atoms with E-state index in [1.165, 1.54) is 148 Å². The molecule has 93 heavy (non-hydrogen) atoms. The third-order valence-electron chi connectivity index (χ3n) is 16.6. The molecule has 0 rings (SSSR count). The molecule has 0 heterocycles. The van der Waals surface area contributed by atoms with Crippen molar-refractivity contribution in [1.29, 1.82) is 0 Å². The van der Waals surface area contributed by atoms with Crippen LogP contribution in [-0.2, 0) is 65.4 Å². The SMILES string of the molecule is CCCCCC/C=C\C=C/CCCCCCCC(=O)OC[C@H](COP(=O)(O)OC[C@@H](O)COP(=O)(O)OC[C@@H](COC(=O)CCCCCCCCC(C)C)OC(=O)CCCCCCCCCCCCCCC)OC(=O)CCCCCCCCCCCCCCCC(C)C. The van der Waals surface area contributed by atoms with Crippen LogP contribution in [0.3, 0.4) is 0 Å². The van der Waals surface area contributed by atoms with Gasteiger partial charge in [0, 0.05) is 25.7 Å². The first-order chi connectivity index (χ1) is 44.9. The van der Waals surface area contributed by atoms with E-state index in [0.717, 1.165) is 121 Å². The molecule has 0 aromatic rings. The number of unbranched alkanes of at least 4 members (excludes halogenated alkanes) is 38. The van der Waals surface area contributed by atoms with Crippen LogP contribution < -0.4 is 0 Å². The molecule has 0 aliphatic rings. The summed E-state index contributed by atoms with van der Waals surface area (Å²) >= 11 is 0. The predicted molar refractivity (Wildman–Crippen MR) is 377 cm³/mol. The summed E-state index contributed by atoms with van der Waals surface area (Å²) < 4.78 is 68.4. The number of rotatable bonds is 71. The summed E-state index contributed by atoms with van der Waals surface area (Å²) in [6, 6.07) is 0. The lowest BCUT2D eigenvalue weighted by Crippen LogP contribution is -2.30. The number of esters is 4. The Hall–Kier alpha value is -2.46. The number of carbonyl (C=O) groups excluding carboxylic acids is 4. The van der Waals surface area contributed by atoms with Crippen LogP contribution in [0.5, 0.6) is 0 Å². The zero-order valence-electron chi connectivity index (χ0n) is 60.0. The number of carbonyl (C=O) groups is 4. The Morgan fingerprint density at radius 2 is 0.581 bits per heavy atom. The fraction of sp³-hybridized carbons (Fsp3) is 0.892. The van der Waals surface area contributed by atoms with E-state index in [-0.39, 0.29) is 25.7 Å². The van der Waals surface area contributed by atoms with E-state index in [1.807, 2.05) is 0 Å². The first-order valence-electron chi connectivity index (χ1n) is 37.8. The zero-order valence-corrected chi connectivity index (χ0v) is 61.8. The van der Waals surface area contributed by atoms with Gasteiger partial charge in [-0.1, -0.05) is 303 Å². The molecule has 548 valence electrons. The number of allylic oxidation sites excluding steroid dienone is 4. The Labute approximate surface area is 567 Å². The highest BCUT2D eigenvalue weighted by Gasteiger charge is 2.30. The summed E-state index contributed by atoms with van der Waals surface area (Å²) in [6.07, 6.45) is 55.0. The minimum Gasteiger partial charge on any atom is -0.462 e. The summed E-state index contributed by atoms with van der Waals surface area (Å²) in [4.78, 5) is 72.7. The van der Waals surface area contributed by atoms with Crippen molar-refractivity contribution in [3.63, 3.8) is 0 Å². The van der Waals surface area contributed by atoms with Gasteiger partial charge in [-0.3, -0.25) is 37.3 Å². The highest BCUT2D eigenvalue weighted by molar-refractivity contribution is 7.47. The van der Waals surface area contributed by atoms with Gasteiger partial charge < -0.3 is 33.8 Å². The van der Waals surface area contributed by atoms with E-state index in [0.29, 0.717) is 31.6 Å². The number of hydrogen-bond acceptors (Lipinski definition) is 15. The molecule has 3 N–H and O–H groups in total. The Bertz CT molecular complexity index is 1900. The molecule has 0 saturated heterocycles. The number of aliphatic hydroxyl groups excluding tert-OH is 1. The fourth-order valence-corrected chi connectivity index (χ4v) is 12.3. The molecule has 0 amide bonds. The fourth-order valence-electron chi connectivity index (χ4n) is 10.8. The molecule has 17 nitrogen and oxygen atoms in total. The van der Waals surface area contributed by atoms with E-state index in [2.05, 4.69) is 65.8 Å². The summed E-state index contributed by atoms with van der Waals surface area (Å²) in [6.45, 7) is 9.45. The average molecular weight is 1360 g/mol. The molecule has 0 aliphatic heterocycles. The Morgan fingerprint density at radius 3 is 0.882 bits per heavy atom. The minimum atomic E-state index is -4.96. The quantitative estimate of drug-likeness (QED) is 0.0169. The molecule has 0 aromatic carbocycles. The second kappa shape index (κ2) is 65.5. The topological polar surface area (TPSA) is 237 Å². The third-order valence-corrected chi connectivity index (χ3v) is 18.5. The van der Waals surface area contributed by atoms with Gasteiger partial charge in [0.15, 0.2) is 12.2 Å². The van der Waals surface area contributed by atoms with Crippen LogP contribution in [0.1, 0.15) is 356 Å². The zero-order chi connectivity index (χ0) is 68.6. The lowest BCUT2D eigenvalue weighted by atomic mass is 10.0. The maximum atomic E-state index is 13.1. The van der Waals surface area contributed by atoms with Gasteiger partial charge in [0.2, 0.25) is 0 Å². The van der Waals surface area contributed by atoms with Gasteiger partial charge in [0.05, 0.1) is 26.4 Å². The number of aliphatic hydroxyl groups is 1. The van der Waals surface area contributed by atoms with Crippen LogP contribution >= 0.6 is 15.6 Å². The van der Waals surface area contributed by atoms with E-state index in [4.69, 9.17) is 37.0 Å². The van der Waals surface area contributed by atoms with E-state index in [1.54, 1.807) is 0 Å². The normalized spacial score (nSPS) is 14.2. The molecule has 2 unspecified atom stereocenters. The highest BCUT2D eigenvalue weighted by atomic mass is 31.2. The molecule has 19 heteroatoms. The lowest BCUT2D eigenvalue weighted by molar-refractivity contribution is -0.161. The second-order valence-electron chi connectivity index (χ2n) is 27.0. The molecular weight excluding hydrogens is 1220 g/mol. The van der Waals surface area contributed by atoms with Gasteiger partial charge in [0.25, 0.3) is 0 Å². The van der Waals surface area contributed by atoms with Crippen LogP contribution in [0.15, 0.2) is 24.3 Å². The third kappa shape index (κ3) is 67.9. The van der Waals surface area contributed by atoms with Gasteiger partial charge in [-0.2, -0.15) is 0 Å². The first kappa shape index (κ1) is 90.5. The molecular formula is C74H140O17P2. The van der Waals surface area contributed by atoms with Crippen molar-refractivity contribution in [2.45, 2.75) is 374 Å². The number of phosphoric acid groups is 2. The molecule has 0 radical (unpaired) electrons. The van der Waals surface area contributed by atoms with Gasteiger partial charge in [-0.25, -0.2) is 9.13 Å². The number of hydrogen-bond donors (Lipinski definition) is 3. The number of ether oxygens (including phenoxy) is 4. The molecule has 0 bridgehead atoms. The average Bonchev–Trinajstić information content (AvgIpc) is 3.41. The maximum Gasteiger partial charge on any atom is 0.472 e. The summed E-state index contributed by atoms with van der Waals surface area (Å²) in [5.41, 5.74) is 0. The predicted octanol–water partition coefficient (Wildman–Crippen LogP) is 21.1. The summed E-state index contributed by atoms with van der Waals surface area (Å²) in [5.74, 6) is -0.688. The van der Waals surface area contributed by atoms with Crippen molar-refractivity contribution in [1.82, 2.24) is 0 Å². The van der Waals surface area contributed by atoms with Gasteiger partial charge in [-0.15, -0.1) is 0 Å². The Kier molecular flexibility index (Phi) is 63.7. The Balaban J connectivity index is 5.28. The van der Waals surface area contributed by atoms with Crippen LogP contribution in [0.2, 0.25) is 0 Å². The smallest absolute Gasteiger partial charge is 0.462 e. The van der Waals surface area contributed by atoms with E-state index < -0.39 is 97.5 Å². The maximum absolute atomic E-state index is 13.1. The minimum absolute atomic E-state index is 0.100. The molecule has 0 aliphatic carbocycles. The Morgan fingerprint density at radius 1 is 0.333 bits per heavy atom. The van der Waals surface area contributed by atoms with Gasteiger partial charge in [-0.05, 0) is 63.2 Å². The molecule has 0 aromatic heterocycles. The van der Waals surface area contributed by atoms with Crippen molar-refractivity contribution in [3.8, 4) is 0 Å². The largest absolute Gasteiger partial charge is 0.472 e. The van der Waals surface area contributed by atoms with E-state index in [9.17, 15) is 43.2 Å². The van der Waals surface area contributed by atoms with Gasteiger partial charge in [0.1, 0.15) is 19.3 Å². The molecule has 0 spiro atoms. The van der Waals surface area contributed by atoms with Gasteiger partial charge >= 0.3 is 39.5 Å². The monoisotopic (exact) mass is 1360 g/mol. The van der Waals surface area contributed by atoms with Crippen molar-refractivity contribution in [2.24, 2.45) is 11.8 Å². The van der Waals surface area contributed by atoms with Crippen molar-refractivity contribution < 1.29 is 80.2 Å².